The lowest BCUT2D eigenvalue weighted by atomic mass is 9.99. The van der Waals surface area contributed by atoms with Crippen molar-refractivity contribution in [1.29, 1.82) is 0 Å². The topological polar surface area (TPSA) is 53.6 Å². The van der Waals surface area contributed by atoms with Crippen LogP contribution in [0.1, 0.15) is 47.5 Å². The van der Waals surface area contributed by atoms with Gasteiger partial charge in [-0.1, -0.05) is 6.92 Å². The molecular weight excluding hydrogens is 351 g/mol. The first-order valence-electron chi connectivity index (χ1n) is 7.10. The summed E-state index contributed by atoms with van der Waals surface area (Å²) in [5, 5.41) is 3.20. The maximum Gasteiger partial charge on any atom is 0.189 e. The Kier molecular flexibility index (Phi) is 8.27. The highest BCUT2D eigenvalue weighted by molar-refractivity contribution is 14.0. The molecule has 0 aromatic rings. The Morgan fingerprint density at radius 2 is 2.11 bits per heavy atom. The normalized spacial score (nSPS) is 23.6. The highest BCUT2D eigenvalue weighted by atomic mass is 127. The minimum absolute atomic E-state index is 0. The lowest BCUT2D eigenvalue weighted by Gasteiger charge is -2.35. The Balaban J connectivity index is 0.00000324. The van der Waals surface area contributed by atoms with E-state index in [-0.39, 0.29) is 29.5 Å². The van der Waals surface area contributed by atoms with Crippen LogP contribution in [0.25, 0.3) is 0 Å². The van der Waals surface area contributed by atoms with Crippen molar-refractivity contribution >= 4 is 29.9 Å². The molecule has 19 heavy (non-hydrogen) atoms. The van der Waals surface area contributed by atoms with Gasteiger partial charge in [0.05, 0.1) is 6.54 Å². The summed E-state index contributed by atoms with van der Waals surface area (Å²) in [5.41, 5.74) is 5.87. The predicted octanol–water partition coefficient (Wildman–Crippen LogP) is 2.43. The molecular formula is C14H31IN4. The number of piperidine rings is 1. The summed E-state index contributed by atoms with van der Waals surface area (Å²) in [6, 6.07) is 0.480. The van der Waals surface area contributed by atoms with Gasteiger partial charge in [-0.3, -0.25) is 9.89 Å². The molecule has 2 atom stereocenters. The van der Waals surface area contributed by atoms with E-state index in [2.05, 4.69) is 49.8 Å². The summed E-state index contributed by atoms with van der Waals surface area (Å²) in [7, 11) is 0. The number of guanidine groups is 1. The third-order valence-corrected chi connectivity index (χ3v) is 3.34. The molecule has 1 aliphatic rings. The van der Waals surface area contributed by atoms with Crippen LogP contribution in [-0.4, -0.2) is 42.1 Å². The molecule has 1 rings (SSSR count). The molecule has 0 saturated carbocycles. The Bertz CT molecular complexity index is 286. The van der Waals surface area contributed by atoms with Gasteiger partial charge in [-0.05, 0) is 53.0 Å². The van der Waals surface area contributed by atoms with Gasteiger partial charge in [0.15, 0.2) is 5.96 Å². The zero-order valence-electron chi connectivity index (χ0n) is 13.1. The summed E-state index contributed by atoms with van der Waals surface area (Å²) in [6.45, 7) is 14.0. The van der Waals surface area contributed by atoms with Crippen molar-refractivity contribution in [1.82, 2.24) is 10.2 Å². The first-order valence-corrected chi connectivity index (χ1v) is 7.10. The molecule has 0 radical (unpaired) electrons. The Labute approximate surface area is 135 Å². The summed E-state index contributed by atoms with van der Waals surface area (Å²) in [6.07, 6.45) is 2.67. The van der Waals surface area contributed by atoms with Crippen molar-refractivity contribution in [2.45, 2.75) is 59.0 Å². The second-order valence-electron chi connectivity index (χ2n) is 6.69. The van der Waals surface area contributed by atoms with Gasteiger partial charge in [-0.25, -0.2) is 0 Å². The zero-order chi connectivity index (χ0) is 13.8. The number of rotatable bonds is 3. The smallest absolute Gasteiger partial charge is 0.189 e. The van der Waals surface area contributed by atoms with Crippen molar-refractivity contribution in [3.05, 3.63) is 0 Å². The third-order valence-electron chi connectivity index (χ3n) is 3.34. The van der Waals surface area contributed by atoms with Gasteiger partial charge in [0.2, 0.25) is 0 Å². The van der Waals surface area contributed by atoms with Crippen molar-refractivity contribution in [2.24, 2.45) is 16.6 Å². The Morgan fingerprint density at radius 3 is 2.63 bits per heavy atom. The number of halogens is 1. The van der Waals surface area contributed by atoms with Crippen LogP contribution in [0.4, 0.5) is 0 Å². The van der Waals surface area contributed by atoms with E-state index in [4.69, 9.17) is 5.73 Å². The summed E-state index contributed by atoms with van der Waals surface area (Å²) in [4.78, 5) is 6.98. The molecule has 5 heteroatoms. The van der Waals surface area contributed by atoms with Crippen molar-refractivity contribution in [3.8, 4) is 0 Å². The molecule has 4 nitrogen and oxygen atoms in total. The molecule has 0 spiro atoms. The Hall–Kier alpha value is -0.0400. The van der Waals surface area contributed by atoms with E-state index >= 15 is 0 Å². The van der Waals surface area contributed by atoms with Gasteiger partial charge in [-0.15, -0.1) is 24.0 Å². The van der Waals surface area contributed by atoms with E-state index in [0.717, 1.165) is 12.5 Å². The van der Waals surface area contributed by atoms with Gasteiger partial charge in [0, 0.05) is 18.1 Å². The molecule has 0 aromatic carbocycles. The maximum absolute atomic E-state index is 5.89. The quantitative estimate of drug-likeness (QED) is 0.448. The highest BCUT2D eigenvalue weighted by Gasteiger charge is 2.20. The van der Waals surface area contributed by atoms with E-state index in [0.29, 0.717) is 12.0 Å². The first-order chi connectivity index (χ1) is 8.28. The molecule has 1 fully saturated rings. The molecule has 114 valence electrons. The average molecular weight is 382 g/mol. The molecule has 0 aliphatic carbocycles. The van der Waals surface area contributed by atoms with Crippen LogP contribution in [0, 0.1) is 5.92 Å². The highest BCUT2D eigenvalue weighted by Crippen LogP contribution is 2.17. The number of nitrogens with one attached hydrogen (secondary N) is 1. The summed E-state index contributed by atoms with van der Waals surface area (Å²) in [5.74, 6) is 1.37. The molecule has 2 unspecified atom stereocenters. The third kappa shape index (κ3) is 7.97. The number of nitrogens with two attached hydrogens (primary N) is 1. The van der Waals surface area contributed by atoms with E-state index in [1.807, 2.05) is 0 Å². The predicted molar refractivity (Wildman–Crippen MR) is 94.2 cm³/mol. The van der Waals surface area contributed by atoms with E-state index < -0.39 is 0 Å². The average Bonchev–Trinajstić information content (AvgIpc) is 2.23. The zero-order valence-corrected chi connectivity index (χ0v) is 15.4. The lowest BCUT2D eigenvalue weighted by Crippen LogP contribution is -2.46. The SMILES string of the molecule is CC1CCCN(C(C)CN=C(N)NC(C)(C)C)C1.I. The van der Waals surface area contributed by atoms with Crippen LogP contribution in [0.2, 0.25) is 0 Å². The minimum Gasteiger partial charge on any atom is -0.370 e. The van der Waals surface area contributed by atoms with Gasteiger partial charge < -0.3 is 11.1 Å². The van der Waals surface area contributed by atoms with Crippen LogP contribution in [0.3, 0.4) is 0 Å². The molecule has 3 N–H and O–H groups in total. The number of aliphatic imine (C=N–C) groups is 1. The number of hydrogen-bond donors (Lipinski definition) is 2. The van der Waals surface area contributed by atoms with Crippen LogP contribution in [0.5, 0.6) is 0 Å². The number of likely N-dealkylation sites (tertiary alicyclic amines) is 1. The van der Waals surface area contributed by atoms with Crippen LogP contribution in [-0.2, 0) is 0 Å². The fourth-order valence-electron chi connectivity index (χ4n) is 2.40. The fourth-order valence-corrected chi connectivity index (χ4v) is 2.40. The molecule has 1 heterocycles. The Morgan fingerprint density at radius 1 is 1.47 bits per heavy atom. The fraction of sp³-hybridized carbons (Fsp3) is 0.929. The molecule has 1 aliphatic heterocycles. The van der Waals surface area contributed by atoms with Gasteiger partial charge in [0.1, 0.15) is 0 Å². The van der Waals surface area contributed by atoms with Crippen LogP contribution >= 0.6 is 24.0 Å². The number of hydrogen-bond acceptors (Lipinski definition) is 2. The molecule has 0 amide bonds. The number of nitrogens with zero attached hydrogens (tertiary/aromatic N) is 2. The monoisotopic (exact) mass is 382 g/mol. The van der Waals surface area contributed by atoms with E-state index in [1.165, 1.54) is 25.9 Å². The van der Waals surface area contributed by atoms with E-state index in [1.54, 1.807) is 0 Å². The summed E-state index contributed by atoms with van der Waals surface area (Å²) >= 11 is 0. The second-order valence-corrected chi connectivity index (χ2v) is 6.69. The van der Waals surface area contributed by atoms with Crippen molar-refractivity contribution < 1.29 is 0 Å². The van der Waals surface area contributed by atoms with Crippen LogP contribution in [0.15, 0.2) is 4.99 Å². The standard InChI is InChI=1S/C14H30N4.HI/c1-11-7-6-8-18(10-11)12(2)9-16-13(15)17-14(3,4)5;/h11-12H,6-10H2,1-5H3,(H3,15,16,17);1H. The molecule has 1 saturated heterocycles. The van der Waals surface area contributed by atoms with Crippen molar-refractivity contribution in [3.63, 3.8) is 0 Å². The first kappa shape index (κ1) is 19.0. The van der Waals surface area contributed by atoms with Gasteiger partial charge in [-0.2, -0.15) is 0 Å². The second kappa shape index (κ2) is 8.29. The van der Waals surface area contributed by atoms with Gasteiger partial charge >= 0.3 is 0 Å². The largest absolute Gasteiger partial charge is 0.370 e. The van der Waals surface area contributed by atoms with Crippen molar-refractivity contribution in [2.75, 3.05) is 19.6 Å². The molecule has 0 bridgehead atoms. The summed E-state index contributed by atoms with van der Waals surface area (Å²) < 4.78 is 0. The maximum atomic E-state index is 5.89. The molecule has 0 aromatic heterocycles. The van der Waals surface area contributed by atoms with Gasteiger partial charge in [0.25, 0.3) is 0 Å². The lowest BCUT2D eigenvalue weighted by molar-refractivity contribution is 0.142. The minimum atomic E-state index is -0.0174. The van der Waals surface area contributed by atoms with Crippen LogP contribution < -0.4 is 11.1 Å². The van der Waals surface area contributed by atoms with E-state index in [9.17, 15) is 0 Å².